The molecule has 0 aliphatic carbocycles. The van der Waals surface area contributed by atoms with Gasteiger partial charge in [0.15, 0.2) is 0 Å². The van der Waals surface area contributed by atoms with Crippen molar-refractivity contribution < 1.29 is 43.8 Å². The molecule has 0 bridgehead atoms. The van der Waals surface area contributed by atoms with Crippen LogP contribution in [0.3, 0.4) is 0 Å². The minimum atomic E-state index is -4.64. The van der Waals surface area contributed by atoms with Crippen LogP contribution in [-0.4, -0.2) is 50.5 Å². The molecule has 0 saturated carbocycles. The van der Waals surface area contributed by atoms with E-state index in [9.17, 15) is 27.0 Å². The zero-order chi connectivity index (χ0) is 23.9. The van der Waals surface area contributed by atoms with Crippen molar-refractivity contribution in [1.82, 2.24) is 10.2 Å². The molecule has 2 aromatic carbocycles. The first kappa shape index (κ1) is 25.0. The van der Waals surface area contributed by atoms with E-state index in [0.29, 0.717) is 22.5 Å². The quantitative estimate of drug-likeness (QED) is 0.352. The lowest BCUT2D eigenvalue weighted by Gasteiger charge is -2.11. The zero-order valence-electron chi connectivity index (χ0n) is 16.6. The van der Waals surface area contributed by atoms with Gasteiger partial charge in [0.25, 0.3) is 0 Å². The molecule has 15 heteroatoms. The number of benzene rings is 2. The van der Waals surface area contributed by atoms with E-state index < -0.39 is 56.6 Å². The second kappa shape index (κ2) is 11.0. The van der Waals surface area contributed by atoms with Crippen molar-refractivity contribution >= 4 is 32.1 Å². The Morgan fingerprint density at radius 1 is 0.697 bits per heavy atom. The van der Waals surface area contributed by atoms with E-state index in [4.69, 9.17) is 0 Å². The van der Waals surface area contributed by atoms with E-state index in [1.54, 1.807) is 60.7 Å². The molecule has 33 heavy (non-hydrogen) atoms. The summed E-state index contributed by atoms with van der Waals surface area (Å²) in [7, 11) is -9.28. The largest absolute Gasteiger partial charge is 0.451 e. The first-order chi connectivity index (χ1) is 15.6. The summed E-state index contributed by atoms with van der Waals surface area (Å²) in [5, 5.41) is 25.4. The van der Waals surface area contributed by atoms with Gasteiger partial charge in [-0.05, 0) is 22.5 Å². The van der Waals surface area contributed by atoms with Crippen LogP contribution in [0.2, 0.25) is 0 Å². The molecule has 0 aliphatic rings. The molecule has 2 atom stereocenters. The Kier molecular flexibility index (Phi) is 8.30. The Labute approximate surface area is 193 Å². The molecular formula is C18H18N2O10S3. The van der Waals surface area contributed by atoms with Gasteiger partial charge in [0.05, 0.1) is 13.2 Å². The van der Waals surface area contributed by atoms with Gasteiger partial charge in [0, 0.05) is 0 Å². The smallest absolute Gasteiger partial charge is 0.386 e. The Balaban J connectivity index is 1.51. The average Bonchev–Trinajstić information content (AvgIpc) is 3.22. The van der Waals surface area contributed by atoms with Crippen molar-refractivity contribution in [2.75, 3.05) is 13.2 Å². The summed E-state index contributed by atoms with van der Waals surface area (Å²) in [6.07, 6.45) is -2.46. The van der Waals surface area contributed by atoms with Crippen molar-refractivity contribution in [2.24, 2.45) is 0 Å². The summed E-state index contributed by atoms with van der Waals surface area (Å²) in [6, 6.07) is 16.4. The van der Waals surface area contributed by atoms with Crippen LogP contribution in [0.25, 0.3) is 0 Å². The number of rotatable bonds is 12. The molecule has 3 rings (SSSR count). The Morgan fingerprint density at radius 3 is 1.42 bits per heavy atom. The van der Waals surface area contributed by atoms with Crippen molar-refractivity contribution in [3.63, 3.8) is 0 Å². The highest BCUT2D eigenvalue weighted by atomic mass is 32.3. The maximum atomic E-state index is 11.9. The summed E-state index contributed by atoms with van der Waals surface area (Å²) in [6.45, 7) is -1.25. The molecule has 0 saturated heterocycles. The third kappa shape index (κ3) is 8.01. The zero-order valence-corrected chi connectivity index (χ0v) is 19.1. The van der Waals surface area contributed by atoms with Gasteiger partial charge >= 0.3 is 31.2 Å². The van der Waals surface area contributed by atoms with Crippen LogP contribution in [-0.2, 0) is 29.2 Å². The molecule has 2 unspecified atom stereocenters. The first-order valence-corrected chi connectivity index (χ1v) is 12.6. The van der Waals surface area contributed by atoms with Crippen molar-refractivity contribution in [3.8, 4) is 10.4 Å². The molecule has 0 radical (unpaired) electrons. The van der Waals surface area contributed by atoms with Gasteiger partial charge in [-0.15, -0.1) is 0 Å². The van der Waals surface area contributed by atoms with Crippen LogP contribution >= 0.6 is 11.3 Å². The lowest BCUT2D eigenvalue weighted by molar-refractivity contribution is 0.104. The molecule has 0 fully saturated rings. The lowest BCUT2D eigenvalue weighted by Crippen LogP contribution is -2.17. The van der Waals surface area contributed by atoms with Crippen LogP contribution in [0.1, 0.15) is 23.3 Å². The molecule has 0 aliphatic heterocycles. The standard InChI is InChI=1S/C18H18N2O10S3/c21-15(13-7-3-1-4-8-13)11-27-32(23,24)29-17-19-20-18(31-17)30-33(25,26)28-12-16(22)14-9-5-2-6-10-14/h1-10,15-16,21-22H,11-12H2. The Bertz CT molecular complexity index is 1140. The number of aromatic nitrogens is 2. The predicted molar refractivity (Wildman–Crippen MR) is 114 cm³/mol. The van der Waals surface area contributed by atoms with Crippen LogP contribution in [0.4, 0.5) is 0 Å². The van der Waals surface area contributed by atoms with Gasteiger partial charge in [-0.3, -0.25) is 0 Å². The van der Waals surface area contributed by atoms with E-state index >= 15 is 0 Å². The summed E-state index contributed by atoms with van der Waals surface area (Å²) >= 11 is 0.338. The van der Waals surface area contributed by atoms with Gasteiger partial charge in [-0.1, -0.05) is 70.9 Å². The SMILES string of the molecule is O=S(=O)(OCC(O)c1ccccc1)Oc1nnc(OS(=O)(=O)OCC(O)c2ccccc2)s1. The van der Waals surface area contributed by atoms with Crippen molar-refractivity contribution in [1.29, 1.82) is 0 Å². The van der Waals surface area contributed by atoms with Gasteiger partial charge in [-0.25, -0.2) is 8.37 Å². The normalized spacial score (nSPS) is 13.9. The fourth-order valence-corrected chi connectivity index (χ4v) is 4.51. The lowest BCUT2D eigenvalue weighted by atomic mass is 10.1. The summed E-state index contributed by atoms with van der Waals surface area (Å²) in [5.41, 5.74) is 0.865. The van der Waals surface area contributed by atoms with E-state index in [-0.39, 0.29) is 0 Å². The maximum Gasteiger partial charge on any atom is 0.451 e. The number of aliphatic hydroxyl groups is 2. The summed E-state index contributed by atoms with van der Waals surface area (Å²) < 4.78 is 66.0. The highest BCUT2D eigenvalue weighted by Gasteiger charge is 2.24. The minimum absolute atomic E-state index is 0.338. The van der Waals surface area contributed by atoms with Crippen LogP contribution < -0.4 is 8.37 Å². The van der Waals surface area contributed by atoms with E-state index in [0.717, 1.165) is 0 Å². The second-order valence-corrected chi connectivity index (χ2v) is 9.58. The van der Waals surface area contributed by atoms with Crippen molar-refractivity contribution in [2.45, 2.75) is 12.2 Å². The van der Waals surface area contributed by atoms with Crippen LogP contribution in [0, 0.1) is 0 Å². The molecule has 2 N–H and O–H groups in total. The highest BCUT2D eigenvalue weighted by molar-refractivity contribution is 7.82. The molecule has 12 nitrogen and oxygen atoms in total. The fourth-order valence-electron chi connectivity index (χ4n) is 2.33. The van der Waals surface area contributed by atoms with Gasteiger partial charge in [0.1, 0.15) is 12.2 Å². The summed E-state index contributed by atoms with van der Waals surface area (Å²) in [4.78, 5) is 0. The molecule has 0 spiro atoms. The molecule has 1 heterocycles. The van der Waals surface area contributed by atoms with Crippen LogP contribution in [0.15, 0.2) is 60.7 Å². The topological polar surface area (TPSA) is 171 Å². The third-order valence-corrected chi connectivity index (χ3v) is 6.31. The van der Waals surface area contributed by atoms with Crippen LogP contribution in [0.5, 0.6) is 10.4 Å². The Hall–Kier alpha value is -2.66. The van der Waals surface area contributed by atoms with E-state index in [1.165, 1.54) is 0 Å². The second-order valence-electron chi connectivity index (χ2n) is 6.24. The van der Waals surface area contributed by atoms with Gasteiger partial charge in [-0.2, -0.15) is 16.8 Å². The molecule has 0 amide bonds. The third-order valence-electron chi connectivity index (χ3n) is 3.84. The van der Waals surface area contributed by atoms with Gasteiger partial charge < -0.3 is 18.6 Å². The number of nitrogens with zero attached hydrogens (tertiary/aromatic N) is 2. The molecule has 178 valence electrons. The number of hydrogen-bond donors (Lipinski definition) is 2. The van der Waals surface area contributed by atoms with Gasteiger partial charge in [0.2, 0.25) is 0 Å². The first-order valence-electron chi connectivity index (χ1n) is 9.11. The maximum absolute atomic E-state index is 11.9. The molecule has 1 aromatic heterocycles. The fraction of sp³-hybridized carbons (Fsp3) is 0.222. The number of aliphatic hydroxyl groups excluding tert-OH is 2. The average molecular weight is 519 g/mol. The monoisotopic (exact) mass is 518 g/mol. The molecule has 3 aromatic rings. The van der Waals surface area contributed by atoms with E-state index in [2.05, 4.69) is 26.9 Å². The molecular weight excluding hydrogens is 500 g/mol. The van der Waals surface area contributed by atoms with E-state index in [1.807, 2.05) is 0 Å². The van der Waals surface area contributed by atoms with Crippen molar-refractivity contribution in [3.05, 3.63) is 71.8 Å². The Morgan fingerprint density at radius 2 is 1.06 bits per heavy atom. The summed E-state index contributed by atoms with van der Waals surface area (Å²) in [5.74, 6) is 0. The predicted octanol–water partition coefficient (Wildman–Crippen LogP) is 1.29. The highest BCUT2D eigenvalue weighted by Crippen LogP contribution is 2.27. The number of hydrogen-bond acceptors (Lipinski definition) is 13. The minimum Gasteiger partial charge on any atom is -0.386 e.